The van der Waals surface area contributed by atoms with Crippen molar-refractivity contribution in [1.29, 1.82) is 0 Å². The van der Waals surface area contributed by atoms with E-state index in [4.69, 9.17) is 5.73 Å². The first-order valence-corrected chi connectivity index (χ1v) is 7.79. The van der Waals surface area contributed by atoms with E-state index in [9.17, 15) is 4.79 Å². The molecule has 22 heavy (non-hydrogen) atoms. The molecule has 2 rings (SSSR count). The first kappa shape index (κ1) is 18.5. The number of halogens is 1. The fourth-order valence-electron chi connectivity index (χ4n) is 1.89. The number of hydrogen-bond donors (Lipinski definition) is 2. The average molecular weight is 341 g/mol. The summed E-state index contributed by atoms with van der Waals surface area (Å²) in [5.41, 5.74) is 6.97. The van der Waals surface area contributed by atoms with E-state index in [-0.39, 0.29) is 18.3 Å². The predicted octanol–water partition coefficient (Wildman–Crippen LogP) is 2.67. The molecule has 0 unspecified atom stereocenters. The van der Waals surface area contributed by atoms with E-state index in [1.807, 2.05) is 30.3 Å². The van der Waals surface area contributed by atoms with Gasteiger partial charge in [-0.3, -0.25) is 10.1 Å². The van der Waals surface area contributed by atoms with Crippen LogP contribution in [0.2, 0.25) is 0 Å². The summed E-state index contributed by atoms with van der Waals surface area (Å²) < 4.78 is 0. The molecule has 0 fully saturated rings. The van der Waals surface area contributed by atoms with E-state index in [0.717, 1.165) is 17.0 Å². The van der Waals surface area contributed by atoms with Crippen molar-refractivity contribution < 1.29 is 4.79 Å². The van der Waals surface area contributed by atoms with Crippen LogP contribution in [0.25, 0.3) is 0 Å². The molecule has 0 bridgehead atoms. The number of rotatable bonds is 6. The molecule has 1 amide bonds. The molecule has 1 aromatic carbocycles. The van der Waals surface area contributed by atoms with Crippen molar-refractivity contribution in [2.75, 3.05) is 5.32 Å². The van der Waals surface area contributed by atoms with Crippen molar-refractivity contribution in [2.45, 2.75) is 32.7 Å². The minimum absolute atomic E-state index is 0. The molecular formula is C15H21ClN4OS. The summed E-state index contributed by atoms with van der Waals surface area (Å²) in [6.45, 7) is 4.24. The molecule has 0 aliphatic heterocycles. The van der Waals surface area contributed by atoms with Gasteiger partial charge in [0.2, 0.25) is 11.0 Å². The van der Waals surface area contributed by atoms with Gasteiger partial charge in [0.25, 0.3) is 0 Å². The van der Waals surface area contributed by atoms with E-state index in [0.29, 0.717) is 17.5 Å². The highest BCUT2D eigenvalue weighted by molar-refractivity contribution is 7.15. The Balaban J connectivity index is 0.00000242. The van der Waals surface area contributed by atoms with Crippen LogP contribution >= 0.6 is 23.7 Å². The largest absolute Gasteiger partial charge is 0.320 e. The summed E-state index contributed by atoms with van der Waals surface area (Å²) in [6, 6.07) is 9.13. The number of carbonyl (C=O) groups excluding carboxylic acids is 1. The molecule has 0 aliphatic carbocycles. The number of benzene rings is 1. The van der Waals surface area contributed by atoms with Crippen LogP contribution in [0.1, 0.15) is 24.4 Å². The number of amides is 1. The lowest BCUT2D eigenvalue weighted by molar-refractivity contribution is -0.117. The van der Waals surface area contributed by atoms with Gasteiger partial charge < -0.3 is 5.73 Å². The monoisotopic (exact) mass is 340 g/mol. The van der Waals surface area contributed by atoms with Gasteiger partial charge in [0, 0.05) is 6.42 Å². The number of aromatic nitrogens is 2. The summed E-state index contributed by atoms with van der Waals surface area (Å²) >= 11 is 1.40. The third-order valence-corrected chi connectivity index (χ3v) is 3.78. The van der Waals surface area contributed by atoms with E-state index >= 15 is 0 Å². The van der Waals surface area contributed by atoms with Gasteiger partial charge in [-0.2, -0.15) is 0 Å². The van der Waals surface area contributed by atoms with Gasteiger partial charge in [0.05, 0.1) is 6.04 Å². The normalized spacial score (nSPS) is 11.8. The van der Waals surface area contributed by atoms with E-state index < -0.39 is 6.04 Å². The molecule has 0 aliphatic rings. The van der Waals surface area contributed by atoms with Gasteiger partial charge in [-0.15, -0.1) is 22.6 Å². The zero-order valence-corrected chi connectivity index (χ0v) is 14.3. The molecule has 1 aromatic heterocycles. The number of hydrogen-bond acceptors (Lipinski definition) is 5. The van der Waals surface area contributed by atoms with Crippen LogP contribution < -0.4 is 11.1 Å². The van der Waals surface area contributed by atoms with Crippen molar-refractivity contribution in [3.05, 3.63) is 40.9 Å². The smallest absolute Gasteiger partial charge is 0.243 e. The fourth-order valence-corrected chi connectivity index (χ4v) is 2.85. The van der Waals surface area contributed by atoms with Gasteiger partial charge in [-0.25, -0.2) is 0 Å². The Bertz CT molecular complexity index is 588. The highest BCUT2D eigenvalue weighted by Crippen LogP contribution is 2.18. The highest BCUT2D eigenvalue weighted by Gasteiger charge is 2.16. The number of anilines is 1. The molecule has 3 N–H and O–H groups in total. The van der Waals surface area contributed by atoms with Crippen LogP contribution in [0.5, 0.6) is 0 Å². The van der Waals surface area contributed by atoms with Crippen molar-refractivity contribution in [3.63, 3.8) is 0 Å². The topological polar surface area (TPSA) is 80.9 Å². The van der Waals surface area contributed by atoms with Crippen LogP contribution in [0.4, 0.5) is 5.13 Å². The maximum Gasteiger partial charge on any atom is 0.243 e. The summed E-state index contributed by atoms with van der Waals surface area (Å²) in [7, 11) is 0. The van der Waals surface area contributed by atoms with Crippen molar-refractivity contribution in [1.82, 2.24) is 10.2 Å². The average Bonchev–Trinajstić information content (AvgIpc) is 2.86. The summed E-state index contributed by atoms with van der Waals surface area (Å²) in [5.74, 6) is 0.285. The summed E-state index contributed by atoms with van der Waals surface area (Å²) in [5, 5.41) is 12.2. The lowest BCUT2D eigenvalue weighted by Crippen LogP contribution is -2.37. The van der Waals surface area contributed by atoms with Crippen molar-refractivity contribution >= 4 is 34.8 Å². The molecular weight excluding hydrogens is 320 g/mol. The van der Waals surface area contributed by atoms with E-state index in [2.05, 4.69) is 29.4 Å². The van der Waals surface area contributed by atoms with E-state index in [1.54, 1.807) is 0 Å². The Hall–Kier alpha value is -1.50. The minimum atomic E-state index is -0.593. The van der Waals surface area contributed by atoms with Crippen LogP contribution in [0.3, 0.4) is 0 Å². The van der Waals surface area contributed by atoms with Crippen LogP contribution in [0, 0.1) is 5.92 Å². The standard InChI is InChI=1S/C15H20N4OS.ClH/c1-10(2)8-13-18-19-15(21-13)17-14(20)12(16)9-11-6-4-3-5-7-11;/h3-7,10,12H,8-9,16H2,1-2H3,(H,17,19,20);1H/t12-;/m0./s1. The molecule has 1 atom stereocenters. The Morgan fingerprint density at radius 1 is 1.23 bits per heavy atom. The summed E-state index contributed by atoms with van der Waals surface area (Å²) in [4.78, 5) is 12.1. The Labute approximate surface area is 140 Å². The zero-order valence-electron chi connectivity index (χ0n) is 12.7. The third kappa shape index (κ3) is 5.71. The third-order valence-electron chi connectivity index (χ3n) is 2.92. The number of nitrogens with zero attached hydrogens (tertiary/aromatic N) is 2. The number of carbonyl (C=O) groups is 1. The molecule has 0 saturated carbocycles. The fraction of sp³-hybridized carbons (Fsp3) is 0.400. The Morgan fingerprint density at radius 3 is 2.55 bits per heavy atom. The van der Waals surface area contributed by atoms with E-state index in [1.165, 1.54) is 11.3 Å². The first-order valence-electron chi connectivity index (χ1n) is 6.97. The molecule has 120 valence electrons. The van der Waals surface area contributed by atoms with Crippen LogP contribution in [-0.4, -0.2) is 22.1 Å². The number of nitrogens with two attached hydrogens (primary N) is 1. The SMILES string of the molecule is CC(C)Cc1nnc(NC(=O)[C@@H](N)Cc2ccccc2)s1.Cl. The molecule has 2 aromatic rings. The van der Waals surface area contributed by atoms with Gasteiger partial charge in [0.1, 0.15) is 5.01 Å². The van der Waals surface area contributed by atoms with Crippen LogP contribution in [0.15, 0.2) is 30.3 Å². The Kier molecular flexibility index (Phi) is 7.44. The lowest BCUT2D eigenvalue weighted by Gasteiger charge is -2.10. The highest BCUT2D eigenvalue weighted by atomic mass is 35.5. The second kappa shape index (κ2) is 8.82. The minimum Gasteiger partial charge on any atom is -0.320 e. The quantitative estimate of drug-likeness (QED) is 0.847. The maximum absolute atomic E-state index is 12.1. The molecule has 0 saturated heterocycles. The maximum atomic E-state index is 12.1. The molecule has 5 nitrogen and oxygen atoms in total. The second-order valence-corrected chi connectivity index (χ2v) is 6.45. The molecule has 7 heteroatoms. The molecule has 0 spiro atoms. The second-order valence-electron chi connectivity index (χ2n) is 5.38. The zero-order chi connectivity index (χ0) is 15.2. The van der Waals surface area contributed by atoms with Crippen molar-refractivity contribution in [3.8, 4) is 0 Å². The van der Waals surface area contributed by atoms with Crippen molar-refractivity contribution in [2.24, 2.45) is 11.7 Å². The predicted molar refractivity (Wildman–Crippen MR) is 92.5 cm³/mol. The van der Waals surface area contributed by atoms with Gasteiger partial charge >= 0.3 is 0 Å². The first-order chi connectivity index (χ1) is 10.0. The number of nitrogens with one attached hydrogen (secondary N) is 1. The molecule has 1 heterocycles. The van der Waals surface area contributed by atoms with Gasteiger partial charge in [-0.05, 0) is 17.9 Å². The van der Waals surface area contributed by atoms with Gasteiger partial charge in [-0.1, -0.05) is 55.5 Å². The Morgan fingerprint density at radius 2 is 1.91 bits per heavy atom. The van der Waals surface area contributed by atoms with Gasteiger partial charge in [0.15, 0.2) is 0 Å². The lowest BCUT2D eigenvalue weighted by atomic mass is 10.1. The summed E-state index contributed by atoms with van der Waals surface area (Å²) in [6.07, 6.45) is 1.37. The molecule has 0 radical (unpaired) electrons. The van der Waals surface area contributed by atoms with Crippen LogP contribution in [-0.2, 0) is 17.6 Å².